The lowest BCUT2D eigenvalue weighted by Crippen LogP contribution is -2.45. The van der Waals surface area contributed by atoms with Crippen LogP contribution in [-0.2, 0) is 5.41 Å². The van der Waals surface area contributed by atoms with Gasteiger partial charge in [-0.2, -0.15) is 0 Å². The monoisotopic (exact) mass is 250 g/mol. The van der Waals surface area contributed by atoms with Gasteiger partial charge in [-0.3, -0.25) is 0 Å². The van der Waals surface area contributed by atoms with Gasteiger partial charge in [0.1, 0.15) is 0 Å². The first-order chi connectivity index (χ1) is 8.18. The van der Waals surface area contributed by atoms with Gasteiger partial charge in [0.05, 0.1) is 0 Å². The van der Waals surface area contributed by atoms with Crippen LogP contribution in [0.1, 0.15) is 44.1 Å². The molecule has 17 heavy (non-hydrogen) atoms. The number of rotatable bonds is 2. The van der Waals surface area contributed by atoms with E-state index >= 15 is 0 Å². The Labute approximate surface area is 108 Å². The maximum Gasteiger partial charge on any atom is 0.0487 e. The molecular formula is C15H19ClO. The molecule has 3 fully saturated rings. The number of benzene rings is 1. The maximum absolute atomic E-state index is 9.54. The van der Waals surface area contributed by atoms with E-state index in [1.807, 2.05) is 12.1 Å². The van der Waals surface area contributed by atoms with Gasteiger partial charge in [-0.1, -0.05) is 23.7 Å². The van der Waals surface area contributed by atoms with E-state index in [9.17, 15) is 5.11 Å². The molecule has 0 saturated heterocycles. The molecule has 3 aliphatic rings. The van der Waals surface area contributed by atoms with E-state index in [0.717, 1.165) is 5.02 Å². The van der Waals surface area contributed by atoms with Crippen LogP contribution in [0.2, 0.25) is 5.02 Å². The molecule has 1 nitrogen and oxygen atoms in total. The van der Waals surface area contributed by atoms with Crippen molar-refractivity contribution in [1.29, 1.82) is 0 Å². The Kier molecular flexibility index (Phi) is 2.72. The quantitative estimate of drug-likeness (QED) is 0.844. The zero-order valence-corrected chi connectivity index (χ0v) is 10.8. The van der Waals surface area contributed by atoms with Crippen molar-refractivity contribution >= 4 is 11.6 Å². The fourth-order valence-corrected chi connectivity index (χ4v) is 3.86. The molecule has 0 radical (unpaired) electrons. The average molecular weight is 251 g/mol. The van der Waals surface area contributed by atoms with Crippen LogP contribution in [0.5, 0.6) is 0 Å². The van der Waals surface area contributed by atoms with Gasteiger partial charge in [0, 0.05) is 11.6 Å². The number of hydrogen-bond donors (Lipinski definition) is 1. The summed E-state index contributed by atoms with van der Waals surface area (Å²) in [5, 5.41) is 10.4. The molecule has 2 heteroatoms. The second-order valence-corrected chi connectivity index (χ2v) is 6.38. The molecular weight excluding hydrogens is 232 g/mol. The van der Waals surface area contributed by atoms with E-state index < -0.39 is 0 Å². The summed E-state index contributed by atoms with van der Waals surface area (Å²) in [7, 11) is 0. The third-order valence-corrected chi connectivity index (χ3v) is 5.45. The van der Waals surface area contributed by atoms with Crippen molar-refractivity contribution in [2.75, 3.05) is 6.61 Å². The van der Waals surface area contributed by atoms with Crippen LogP contribution >= 0.6 is 11.6 Å². The van der Waals surface area contributed by atoms with Gasteiger partial charge >= 0.3 is 0 Å². The molecule has 0 heterocycles. The molecule has 3 saturated carbocycles. The Bertz CT molecular complexity index is 385. The Hall–Kier alpha value is -0.530. The topological polar surface area (TPSA) is 20.2 Å². The maximum atomic E-state index is 9.54. The van der Waals surface area contributed by atoms with Crippen LogP contribution in [0.15, 0.2) is 24.3 Å². The minimum absolute atomic E-state index is 0.258. The Morgan fingerprint density at radius 1 is 0.941 bits per heavy atom. The Morgan fingerprint density at radius 2 is 1.47 bits per heavy atom. The Morgan fingerprint density at radius 3 is 1.94 bits per heavy atom. The van der Waals surface area contributed by atoms with Gasteiger partial charge in [0.25, 0.3) is 0 Å². The predicted molar refractivity (Wildman–Crippen MR) is 70.4 cm³/mol. The second-order valence-electron chi connectivity index (χ2n) is 5.95. The number of hydrogen-bond acceptors (Lipinski definition) is 1. The molecule has 4 rings (SSSR count). The number of halogens is 1. The van der Waals surface area contributed by atoms with Gasteiger partial charge < -0.3 is 5.11 Å². The van der Waals surface area contributed by atoms with E-state index in [-0.39, 0.29) is 5.41 Å². The van der Waals surface area contributed by atoms with Crippen LogP contribution in [-0.4, -0.2) is 11.7 Å². The number of aliphatic hydroxyl groups excluding tert-OH is 1. The van der Waals surface area contributed by atoms with Gasteiger partial charge in [0.15, 0.2) is 0 Å². The Balaban J connectivity index is 1.88. The predicted octanol–water partition coefficient (Wildman–Crippen LogP) is 3.92. The van der Waals surface area contributed by atoms with E-state index in [1.165, 1.54) is 44.1 Å². The molecule has 0 unspecified atom stereocenters. The van der Waals surface area contributed by atoms with E-state index in [4.69, 9.17) is 11.6 Å². The van der Waals surface area contributed by atoms with E-state index in [1.54, 1.807) is 0 Å². The first kappa shape index (κ1) is 11.6. The molecule has 0 amide bonds. The molecule has 0 spiro atoms. The lowest BCUT2D eigenvalue weighted by atomic mass is 9.52. The van der Waals surface area contributed by atoms with Gasteiger partial charge in [0.2, 0.25) is 0 Å². The summed E-state index contributed by atoms with van der Waals surface area (Å²) >= 11 is 5.96. The highest BCUT2D eigenvalue weighted by atomic mass is 35.5. The van der Waals surface area contributed by atoms with Crippen molar-refractivity contribution in [2.45, 2.75) is 43.9 Å². The van der Waals surface area contributed by atoms with Gasteiger partial charge in [-0.05, 0) is 67.1 Å². The van der Waals surface area contributed by atoms with Crippen molar-refractivity contribution in [3.63, 3.8) is 0 Å². The first-order valence-corrected chi connectivity index (χ1v) is 6.93. The summed E-state index contributed by atoms with van der Waals surface area (Å²) in [5.74, 6) is 0. The first-order valence-electron chi connectivity index (χ1n) is 6.55. The van der Waals surface area contributed by atoms with Crippen molar-refractivity contribution in [3.8, 4) is 0 Å². The van der Waals surface area contributed by atoms with Crippen LogP contribution in [0, 0.1) is 5.41 Å². The van der Waals surface area contributed by atoms with Crippen molar-refractivity contribution in [3.05, 3.63) is 34.9 Å². The molecule has 3 aliphatic carbocycles. The summed E-state index contributed by atoms with van der Waals surface area (Å²) < 4.78 is 0. The van der Waals surface area contributed by atoms with E-state index in [2.05, 4.69) is 12.1 Å². The molecule has 1 aromatic rings. The highest BCUT2D eigenvalue weighted by Gasteiger charge is 2.48. The van der Waals surface area contributed by atoms with Crippen molar-refractivity contribution in [2.24, 2.45) is 5.41 Å². The lowest BCUT2D eigenvalue weighted by Gasteiger charge is -2.53. The summed E-state index contributed by atoms with van der Waals surface area (Å²) in [4.78, 5) is 0. The summed E-state index contributed by atoms with van der Waals surface area (Å²) in [6, 6.07) is 8.40. The highest BCUT2D eigenvalue weighted by Crippen LogP contribution is 2.57. The van der Waals surface area contributed by atoms with Crippen molar-refractivity contribution < 1.29 is 5.11 Å². The van der Waals surface area contributed by atoms with Crippen LogP contribution in [0.4, 0.5) is 0 Å². The molecule has 2 bridgehead atoms. The zero-order valence-electron chi connectivity index (χ0n) is 10.1. The largest absolute Gasteiger partial charge is 0.396 e. The normalized spacial score (nSPS) is 36.1. The van der Waals surface area contributed by atoms with Crippen LogP contribution < -0.4 is 0 Å². The van der Waals surface area contributed by atoms with Gasteiger partial charge in [-0.25, -0.2) is 0 Å². The minimum atomic E-state index is 0.258. The molecule has 0 aromatic heterocycles. The second kappa shape index (κ2) is 4.00. The standard InChI is InChI=1S/C15H19ClO/c16-13-3-1-12(2-4-13)15-8-5-14(11-17,6-9-15)7-10-15/h1-4,17H,5-11H2. The molecule has 0 aliphatic heterocycles. The molecule has 0 atom stereocenters. The highest BCUT2D eigenvalue weighted by molar-refractivity contribution is 6.30. The molecule has 1 aromatic carbocycles. The van der Waals surface area contributed by atoms with Crippen LogP contribution in [0.25, 0.3) is 0 Å². The lowest BCUT2D eigenvalue weighted by molar-refractivity contribution is -0.00687. The SMILES string of the molecule is OCC12CCC(c3ccc(Cl)cc3)(CC1)CC2. The minimum Gasteiger partial charge on any atom is -0.396 e. The summed E-state index contributed by atoms with van der Waals surface area (Å²) in [6.07, 6.45) is 7.25. The summed E-state index contributed by atoms with van der Waals surface area (Å²) in [5.41, 5.74) is 2.09. The van der Waals surface area contributed by atoms with Crippen LogP contribution in [0.3, 0.4) is 0 Å². The molecule has 1 N–H and O–H groups in total. The fraction of sp³-hybridized carbons (Fsp3) is 0.600. The zero-order chi connectivity index (χ0) is 11.9. The number of aliphatic hydroxyl groups is 1. The fourth-order valence-electron chi connectivity index (χ4n) is 3.74. The average Bonchev–Trinajstić information content (AvgIpc) is 2.41. The van der Waals surface area contributed by atoms with Gasteiger partial charge in [-0.15, -0.1) is 0 Å². The summed E-state index contributed by atoms with van der Waals surface area (Å²) in [6.45, 7) is 0.379. The number of fused-ring (bicyclic) bond motifs is 3. The smallest absolute Gasteiger partial charge is 0.0487 e. The third-order valence-electron chi connectivity index (χ3n) is 5.19. The third kappa shape index (κ3) is 1.80. The van der Waals surface area contributed by atoms with E-state index in [0.29, 0.717) is 12.0 Å². The van der Waals surface area contributed by atoms with Crippen molar-refractivity contribution in [1.82, 2.24) is 0 Å². The molecule has 92 valence electrons.